The summed E-state index contributed by atoms with van der Waals surface area (Å²) in [5.74, 6) is -1.33. The molecule has 4 atom stereocenters. The molecule has 4 rings (SSSR count). The van der Waals surface area contributed by atoms with E-state index in [0.717, 1.165) is 12.1 Å². The Kier molecular flexibility index (Phi) is 5.09. The van der Waals surface area contributed by atoms with Crippen molar-refractivity contribution in [2.75, 3.05) is 13.2 Å². The Morgan fingerprint density at radius 1 is 1.29 bits per heavy atom. The van der Waals surface area contributed by atoms with Crippen LogP contribution in [-0.4, -0.2) is 48.3 Å². The number of benzene rings is 1. The second kappa shape index (κ2) is 7.40. The minimum Gasteiger partial charge on any atom is -0.481 e. The molecular formula is C20H23F2NO5. The first-order valence-corrected chi connectivity index (χ1v) is 9.50. The van der Waals surface area contributed by atoms with Gasteiger partial charge in [-0.1, -0.05) is 35.5 Å². The Hall–Kier alpha value is -2.06. The first kappa shape index (κ1) is 19.3. The van der Waals surface area contributed by atoms with Crippen molar-refractivity contribution in [3.05, 3.63) is 35.9 Å². The zero-order valence-electron chi connectivity index (χ0n) is 15.4. The molecule has 1 saturated heterocycles. The van der Waals surface area contributed by atoms with Crippen LogP contribution in [0.3, 0.4) is 0 Å². The van der Waals surface area contributed by atoms with Gasteiger partial charge < -0.3 is 19.4 Å². The summed E-state index contributed by atoms with van der Waals surface area (Å²) in [6.07, 6.45) is 1.09. The maximum absolute atomic E-state index is 13.1. The smallest absolute Gasteiger partial charge is 0.345 e. The van der Waals surface area contributed by atoms with Gasteiger partial charge in [-0.2, -0.15) is 8.78 Å². The quantitative estimate of drug-likeness (QED) is 0.827. The molecule has 1 aliphatic carbocycles. The molecule has 0 amide bonds. The third kappa shape index (κ3) is 3.28. The van der Waals surface area contributed by atoms with Crippen molar-refractivity contribution in [3.63, 3.8) is 0 Å². The molecule has 0 bridgehead atoms. The van der Waals surface area contributed by atoms with E-state index in [-0.39, 0.29) is 18.8 Å². The lowest BCUT2D eigenvalue weighted by molar-refractivity contribution is -0.199. The van der Waals surface area contributed by atoms with Crippen molar-refractivity contribution in [2.24, 2.45) is 11.1 Å². The summed E-state index contributed by atoms with van der Waals surface area (Å²) in [6.45, 7) is -1.96. The number of carboxylic acid groups (broad SMARTS) is 1. The highest BCUT2D eigenvalue weighted by Crippen LogP contribution is 2.47. The molecule has 1 aromatic rings. The lowest BCUT2D eigenvalue weighted by Crippen LogP contribution is -2.53. The third-order valence-electron chi connectivity index (χ3n) is 6.23. The fourth-order valence-electron chi connectivity index (χ4n) is 4.77. The molecule has 6 nitrogen and oxygen atoms in total. The zero-order chi connectivity index (χ0) is 19.8. The van der Waals surface area contributed by atoms with Crippen molar-refractivity contribution in [1.82, 2.24) is 0 Å². The van der Waals surface area contributed by atoms with Crippen molar-refractivity contribution in [1.29, 1.82) is 0 Å². The maximum Gasteiger partial charge on any atom is 0.345 e. The van der Waals surface area contributed by atoms with E-state index in [1.54, 1.807) is 30.3 Å². The highest BCUT2D eigenvalue weighted by molar-refractivity contribution is 5.91. The fraction of sp³-hybridized carbons (Fsp3) is 0.600. The van der Waals surface area contributed by atoms with E-state index in [4.69, 9.17) is 14.3 Å². The Morgan fingerprint density at radius 2 is 2.07 bits per heavy atom. The molecule has 0 aromatic heterocycles. The number of aliphatic carboxylic acids is 1. The summed E-state index contributed by atoms with van der Waals surface area (Å²) in [4.78, 5) is 18.1. The average Bonchev–Trinajstić information content (AvgIpc) is 3.32. The molecule has 1 saturated carbocycles. The number of carbonyl (C=O) groups is 1. The molecule has 3 aliphatic rings. The van der Waals surface area contributed by atoms with Crippen LogP contribution in [0.4, 0.5) is 8.78 Å². The van der Waals surface area contributed by atoms with Crippen LogP contribution in [0.2, 0.25) is 0 Å². The molecule has 152 valence electrons. The molecule has 0 radical (unpaired) electrons. The van der Waals surface area contributed by atoms with Gasteiger partial charge in [0.15, 0.2) is 5.60 Å². The first-order chi connectivity index (χ1) is 13.5. The molecule has 4 unspecified atom stereocenters. The summed E-state index contributed by atoms with van der Waals surface area (Å²) in [7, 11) is 0. The van der Waals surface area contributed by atoms with Crippen LogP contribution in [0.5, 0.6) is 0 Å². The van der Waals surface area contributed by atoms with E-state index in [1.165, 1.54) is 0 Å². The van der Waals surface area contributed by atoms with Gasteiger partial charge in [-0.3, -0.25) is 4.79 Å². The highest BCUT2D eigenvalue weighted by atomic mass is 19.3. The van der Waals surface area contributed by atoms with Gasteiger partial charge in [0, 0.05) is 18.8 Å². The van der Waals surface area contributed by atoms with E-state index in [2.05, 4.69) is 5.16 Å². The third-order valence-corrected chi connectivity index (χ3v) is 6.23. The van der Waals surface area contributed by atoms with E-state index >= 15 is 0 Å². The number of hydrogen-bond acceptors (Lipinski definition) is 5. The standard InChI is InChI=1S/C20H23F2NO5/c21-18(22)27-16-7-6-13(15-11-19(28-23-15)8-9-26-12-19)10-20(16,17(24)25)14-4-2-1-3-5-14/h1-5,13,16,18H,6-12H2,(H,24,25). The van der Waals surface area contributed by atoms with Crippen molar-refractivity contribution >= 4 is 11.7 Å². The van der Waals surface area contributed by atoms with Crippen molar-refractivity contribution in [2.45, 2.75) is 55.8 Å². The maximum atomic E-state index is 13.1. The van der Waals surface area contributed by atoms with E-state index in [1.807, 2.05) is 0 Å². The molecule has 1 aromatic carbocycles. The monoisotopic (exact) mass is 395 g/mol. The van der Waals surface area contributed by atoms with Gasteiger partial charge in [0.25, 0.3) is 0 Å². The predicted octanol–water partition coefficient (Wildman–Crippen LogP) is 3.35. The van der Waals surface area contributed by atoms with Crippen LogP contribution in [0.25, 0.3) is 0 Å². The van der Waals surface area contributed by atoms with Gasteiger partial charge in [-0.15, -0.1) is 0 Å². The van der Waals surface area contributed by atoms with Crippen molar-refractivity contribution in [3.8, 4) is 0 Å². The number of halogens is 2. The number of rotatable bonds is 5. The molecule has 1 N–H and O–H groups in total. The predicted molar refractivity (Wildman–Crippen MR) is 95.3 cm³/mol. The van der Waals surface area contributed by atoms with Crippen LogP contribution in [-0.2, 0) is 24.5 Å². The van der Waals surface area contributed by atoms with Crippen LogP contribution in [0, 0.1) is 5.92 Å². The zero-order valence-corrected chi connectivity index (χ0v) is 15.4. The minimum absolute atomic E-state index is 0.142. The number of nitrogens with zero attached hydrogens (tertiary/aromatic N) is 1. The Balaban J connectivity index is 1.65. The lowest BCUT2D eigenvalue weighted by atomic mass is 9.62. The molecule has 2 heterocycles. The Labute approximate surface area is 161 Å². The second-order valence-corrected chi connectivity index (χ2v) is 7.84. The fourth-order valence-corrected chi connectivity index (χ4v) is 4.77. The number of alkyl halides is 2. The van der Waals surface area contributed by atoms with E-state index < -0.39 is 29.7 Å². The minimum atomic E-state index is -3.03. The highest BCUT2D eigenvalue weighted by Gasteiger charge is 2.55. The number of oxime groups is 1. The summed E-state index contributed by atoms with van der Waals surface area (Å²) in [5.41, 5.74) is -0.756. The van der Waals surface area contributed by atoms with Gasteiger partial charge in [0.05, 0.1) is 25.0 Å². The largest absolute Gasteiger partial charge is 0.481 e. The van der Waals surface area contributed by atoms with Crippen LogP contribution >= 0.6 is 0 Å². The lowest BCUT2D eigenvalue weighted by Gasteiger charge is -2.43. The first-order valence-electron chi connectivity index (χ1n) is 9.50. The molecular weight excluding hydrogens is 372 g/mol. The molecule has 28 heavy (non-hydrogen) atoms. The van der Waals surface area contributed by atoms with Gasteiger partial charge in [0.1, 0.15) is 5.41 Å². The van der Waals surface area contributed by atoms with Gasteiger partial charge in [-0.25, -0.2) is 0 Å². The Morgan fingerprint density at radius 3 is 2.71 bits per heavy atom. The van der Waals surface area contributed by atoms with Crippen LogP contribution in [0.1, 0.15) is 37.7 Å². The SMILES string of the molecule is O=C(O)C1(c2ccccc2)CC(C2=NOC3(CCOC3)C2)CCC1OC(F)F. The van der Waals surface area contributed by atoms with E-state index in [0.29, 0.717) is 31.6 Å². The molecule has 2 aliphatic heterocycles. The topological polar surface area (TPSA) is 77.4 Å². The molecule has 8 heteroatoms. The second-order valence-electron chi connectivity index (χ2n) is 7.84. The van der Waals surface area contributed by atoms with Crippen LogP contribution < -0.4 is 0 Å². The number of ether oxygens (including phenoxy) is 2. The molecule has 2 fully saturated rings. The summed E-state index contributed by atoms with van der Waals surface area (Å²) in [6, 6.07) is 8.52. The summed E-state index contributed by atoms with van der Waals surface area (Å²) >= 11 is 0. The van der Waals surface area contributed by atoms with Gasteiger partial charge in [0.2, 0.25) is 0 Å². The Bertz CT molecular complexity index is 750. The molecule has 1 spiro atoms. The summed E-state index contributed by atoms with van der Waals surface area (Å²) < 4.78 is 36.4. The van der Waals surface area contributed by atoms with E-state index in [9.17, 15) is 18.7 Å². The van der Waals surface area contributed by atoms with Gasteiger partial charge >= 0.3 is 12.6 Å². The number of carboxylic acids is 1. The van der Waals surface area contributed by atoms with Crippen LogP contribution in [0.15, 0.2) is 35.5 Å². The normalized spacial score (nSPS) is 35.2. The summed E-state index contributed by atoms with van der Waals surface area (Å²) in [5, 5.41) is 14.4. The average molecular weight is 395 g/mol. The van der Waals surface area contributed by atoms with Crippen molar-refractivity contribution < 1.29 is 33.0 Å². The van der Waals surface area contributed by atoms with Gasteiger partial charge in [-0.05, 0) is 24.8 Å². The number of hydrogen-bond donors (Lipinski definition) is 1.